The average molecular weight is 240 g/mol. The smallest absolute Gasteiger partial charge is 0.304 e. The highest BCUT2D eigenvalue weighted by molar-refractivity contribution is 7.99. The normalized spacial score (nSPS) is 10.2. The van der Waals surface area contributed by atoms with Gasteiger partial charge in [0.1, 0.15) is 5.75 Å². The Labute approximate surface area is 99.8 Å². The second-order valence-corrected chi connectivity index (χ2v) is 4.75. The molecule has 1 N–H and O–H groups in total. The van der Waals surface area contributed by atoms with Crippen LogP contribution in [0.25, 0.3) is 0 Å². The van der Waals surface area contributed by atoms with Crippen molar-refractivity contribution < 1.29 is 14.6 Å². The quantitative estimate of drug-likeness (QED) is 0.804. The number of methoxy groups -OCH3 is 1. The van der Waals surface area contributed by atoms with Gasteiger partial charge in [-0.15, -0.1) is 11.8 Å². The molecule has 0 aliphatic heterocycles. The zero-order valence-corrected chi connectivity index (χ0v) is 10.6. The fraction of sp³-hybridized carbons (Fsp3) is 0.417. The molecule has 0 saturated carbocycles. The van der Waals surface area contributed by atoms with Crippen molar-refractivity contribution in [2.24, 2.45) is 0 Å². The van der Waals surface area contributed by atoms with Crippen LogP contribution in [0.4, 0.5) is 0 Å². The number of carboxylic acids is 1. The Morgan fingerprint density at radius 1 is 1.38 bits per heavy atom. The number of benzene rings is 1. The van der Waals surface area contributed by atoms with Crippen molar-refractivity contribution >= 4 is 17.7 Å². The van der Waals surface area contributed by atoms with E-state index < -0.39 is 5.97 Å². The monoisotopic (exact) mass is 240 g/mol. The van der Waals surface area contributed by atoms with E-state index in [0.29, 0.717) is 5.75 Å². The Balaban J connectivity index is 2.72. The lowest BCUT2D eigenvalue weighted by atomic mass is 10.1. The second kappa shape index (κ2) is 5.80. The first kappa shape index (κ1) is 12.9. The van der Waals surface area contributed by atoms with E-state index in [1.54, 1.807) is 18.9 Å². The summed E-state index contributed by atoms with van der Waals surface area (Å²) in [6, 6.07) is 4.05. The second-order valence-electron chi connectivity index (χ2n) is 3.58. The Morgan fingerprint density at radius 3 is 2.38 bits per heavy atom. The predicted octanol–water partition coefficient (Wildman–Crippen LogP) is 2.88. The third-order valence-corrected chi connectivity index (χ3v) is 3.20. The molecule has 0 unspecified atom stereocenters. The average Bonchev–Trinajstić information content (AvgIpc) is 2.16. The maximum absolute atomic E-state index is 10.4. The minimum atomic E-state index is -0.755. The van der Waals surface area contributed by atoms with Gasteiger partial charge in [-0.25, -0.2) is 0 Å². The van der Waals surface area contributed by atoms with Crippen LogP contribution in [0.15, 0.2) is 17.0 Å². The number of thioether (sulfide) groups is 1. The number of hydrogen-bond donors (Lipinski definition) is 1. The molecule has 0 spiro atoms. The first-order valence-electron chi connectivity index (χ1n) is 5.04. The SMILES string of the molecule is COc1c(C)cc(SCCC(=O)O)cc1C. The van der Waals surface area contributed by atoms with Gasteiger partial charge in [0, 0.05) is 10.6 Å². The van der Waals surface area contributed by atoms with Gasteiger partial charge in [-0.2, -0.15) is 0 Å². The van der Waals surface area contributed by atoms with Gasteiger partial charge in [-0.05, 0) is 37.1 Å². The molecule has 3 nitrogen and oxygen atoms in total. The summed E-state index contributed by atoms with van der Waals surface area (Å²) in [7, 11) is 1.66. The molecule has 0 aliphatic rings. The molecule has 4 heteroatoms. The van der Waals surface area contributed by atoms with Crippen LogP contribution in [0.3, 0.4) is 0 Å². The molecule has 1 aromatic rings. The fourth-order valence-corrected chi connectivity index (χ4v) is 2.60. The highest BCUT2D eigenvalue weighted by Crippen LogP contribution is 2.29. The van der Waals surface area contributed by atoms with Crippen LogP contribution in [0.2, 0.25) is 0 Å². The summed E-state index contributed by atoms with van der Waals surface area (Å²) < 4.78 is 5.27. The van der Waals surface area contributed by atoms with Gasteiger partial charge in [-0.3, -0.25) is 4.79 Å². The first-order chi connectivity index (χ1) is 7.54. The highest BCUT2D eigenvalue weighted by Gasteiger charge is 2.06. The van der Waals surface area contributed by atoms with Gasteiger partial charge in [0.25, 0.3) is 0 Å². The van der Waals surface area contributed by atoms with Crippen molar-refractivity contribution in [3.8, 4) is 5.75 Å². The summed E-state index contributed by atoms with van der Waals surface area (Å²) in [6.07, 6.45) is 0.189. The van der Waals surface area contributed by atoms with E-state index in [0.717, 1.165) is 21.8 Å². The van der Waals surface area contributed by atoms with E-state index in [9.17, 15) is 4.79 Å². The van der Waals surface area contributed by atoms with Gasteiger partial charge >= 0.3 is 5.97 Å². The Bertz CT molecular complexity index is 365. The van der Waals surface area contributed by atoms with Crippen molar-refractivity contribution in [2.45, 2.75) is 25.2 Å². The molecule has 0 heterocycles. The van der Waals surface area contributed by atoms with E-state index in [-0.39, 0.29) is 6.42 Å². The van der Waals surface area contributed by atoms with Gasteiger partial charge < -0.3 is 9.84 Å². The molecule has 0 saturated heterocycles. The predicted molar refractivity (Wildman–Crippen MR) is 65.4 cm³/mol. The van der Waals surface area contributed by atoms with Crippen molar-refractivity contribution in [1.29, 1.82) is 0 Å². The summed E-state index contributed by atoms with van der Waals surface area (Å²) in [6.45, 7) is 3.99. The molecule has 0 aromatic heterocycles. The van der Waals surface area contributed by atoms with Crippen molar-refractivity contribution in [3.05, 3.63) is 23.3 Å². The summed E-state index contributed by atoms with van der Waals surface area (Å²) in [5.74, 6) is 0.748. The lowest BCUT2D eigenvalue weighted by Gasteiger charge is -2.10. The molecule has 0 bridgehead atoms. The van der Waals surface area contributed by atoms with Crippen LogP contribution >= 0.6 is 11.8 Å². The molecule has 0 amide bonds. The molecular weight excluding hydrogens is 224 g/mol. The van der Waals surface area contributed by atoms with Gasteiger partial charge in [0.15, 0.2) is 0 Å². The van der Waals surface area contributed by atoms with E-state index >= 15 is 0 Å². The lowest BCUT2D eigenvalue weighted by molar-refractivity contribution is -0.136. The summed E-state index contributed by atoms with van der Waals surface area (Å²) in [5.41, 5.74) is 2.17. The van der Waals surface area contributed by atoms with E-state index in [1.165, 1.54) is 0 Å². The zero-order chi connectivity index (χ0) is 12.1. The summed E-state index contributed by atoms with van der Waals surface area (Å²) >= 11 is 1.56. The molecule has 0 fully saturated rings. The number of hydrogen-bond acceptors (Lipinski definition) is 3. The molecule has 0 aliphatic carbocycles. The van der Waals surface area contributed by atoms with Crippen LogP contribution < -0.4 is 4.74 Å². The Kier molecular flexibility index (Phi) is 4.68. The lowest BCUT2D eigenvalue weighted by Crippen LogP contribution is -1.96. The number of ether oxygens (including phenoxy) is 1. The van der Waals surface area contributed by atoms with Gasteiger partial charge in [0.2, 0.25) is 0 Å². The van der Waals surface area contributed by atoms with Crippen LogP contribution in [0.1, 0.15) is 17.5 Å². The standard InChI is InChI=1S/C12H16O3S/c1-8-6-10(16-5-4-11(13)14)7-9(2)12(8)15-3/h6-7H,4-5H2,1-3H3,(H,13,14). The molecule has 1 rings (SSSR count). The van der Waals surface area contributed by atoms with E-state index in [2.05, 4.69) is 0 Å². The molecule has 0 atom stereocenters. The number of rotatable bonds is 5. The number of carboxylic acid groups (broad SMARTS) is 1. The number of aliphatic carboxylic acids is 1. The topological polar surface area (TPSA) is 46.5 Å². The Morgan fingerprint density at radius 2 is 1.94 bits per heavy atom. The van der Waals surface area contributed by atoms with Crippen molar-refractivity contribution in [1.82, 2.24) is 0 Å². The maximum Gasteiger partial charge on any atom is 0.304 e. The third-order valence-electron chi connectivity index (χ3n) is 2.22. The fourth-order valence-electron chi connectivity index (χ4n) is 1.57. The first-order valence-corrected chi connectivity index (χ1v) is 6.03. The summed E-state index contributed by atoms with van der Waals surface area (Å²) in [5, 5.41) is 8.55. The number of carbonyl (C=O) groups is 1. The molecule has 1 aromatic carbocycles. The van der Waals surface area contributed by atoms with Crippen LogP contribution in [0.5, 0.6) is 5.75 Å². The van der Waals surface area contributed by atoms with E-state index in [1.807, 2.05) is 26.0 Å². The minimum Gasteiger partial charge on any atom is -0.496 e. The summed E-state index contributed by atoms with van der Waals surface area (Å²) in [4.78, 5) is 11.5. The molecule has 0 radical (unpaired) electrons. The third kappa shape index (κ3) is 3.45. The van der Waals surface area contributed by atoms with Crippen LogP contribution in [-0.4, -0.2) is 23.9 Å². The van der Waals surface area contributed by atoms with Crippen molar-refractivity contribution in [2.75, 3.05) is 12.9 Å². The zero-order valence-electron chi connectivity index (χ0n) is 9.74. The molecule has 16 heavy (non-hydrogen) atoms. The molecular formula is C12H16O3S. The largest absolute Gasteiger partial charge is 0.496 e. The van der Waals surface area contributed by atoms with Gasteiger partial charge in [-0.1, -0.05) is 0 Å². The number of aryl methyl sites for hydroxylation is 2. The minimum absolute atomic E-state index is 0.189. The highest BCUT2D eigenvalue weighted by atomic mass is 32.2. The van der Waals surface area contributed by atoms with Crippen LogP contribution in [0, 0.1) is 13.8 Å². The molecule has 88 valence electrons. The van der Waals surface area contributed by atoms with E-state index in [4.69, 9.17) is 9.84 Å². The van der Waals surface area contributed by atoms with Crippen molar-refractivity contribution in [3.63, 3.8) is 0 Å². The maximum atomic E-state index is 10.4. The van der Waals surface area contributed by atoms with Gasteiger partial charge in [0.05, 0.1) is 13.5 Å². The van der Waals surface area contributed by atoms with Crippen LogP contribution in [-0.2, 0) is 4.79 Å². The Hall–Kier alpha value is -1.16.